The number of likely N-dealkylation sites (N-methyl/N-ethyl adjacent to an activating group) is 1. The maximum Gasteiger partial charge on any atom is 0.416 e. The van der Waals surface area contributed by atoms with E-state index >= 15 is 0 Å². The van der Waals surface area contributed by atoms with Gasteiger partial charge in [-0.3, -0.25) is 4.79 Å². The van der Waals surface area contributed by atoms with E-state index in [0.29, 0.717) is 10.7 Å². The highest BCUT2D eigenvalue weighted by Gasteiger charge is 2.30. The van der Waals surface area contributed by atoms with Crippen molar-refractivity contribution in [3.63, 3.8) is 0 Å². The number of halogens is 4. The summed E-state index contributed by atoms with van der Waals surface area (Å²) in [6.07, 6.45) is -4.43. The maximum absolute atomic E-state index is 12.7. The van der Waals surface area contributed by atoms with E-state index in [1.165, 1.54) is 17.0 Å². The Balaban J connectivity index is 1.78. The minimum absolute atomic E-state index is 0.152. The van der Waals surface area contributed by atoms with Crippen LogP contribution in [0, 0.1) is 0 Å². The van der Waals surface area contributed by atoms with E-state index in [1.54, 1.807) is 12.1 Å². The van der Waals surface area contributed by atoms with Crippen molar-refractivity contribution in [1.82, 2.24) is 0 Å². The van der Waals surface area contributed by atoms with Crippen LogP contribution in [-0.2, 0) is 6.18 Å². The quantitative estimate of drug-likeness (QED) is 0.808. The summed E-state index contributed by atoms with van der Waals surface area (Å²) in [5.41, 5.74) is 0.778. The van der Waals surface area contributed by atoms with Crippen LogP contribution >= 0.6 is 11.6 Å². The molecule has 0 aliphatic carbocycles. The van der Waals surface area contributed by atoms with E-state index in [4.69, 9.17) is 11.6 Å². The lowest BCUT2D eigenvalue weighted by atomic mass is 10.1. The number of nitrogens with one attached hydrogen (secondary N) is 2. The Labute approximate surface area is 166 Å². The summed E-state index contributed by atoms with van der Waals surface area (Å²) in [5, 5.41) is 3.27. The summed E-state index contributed by atoms with van der Waals surface area (Å²) in [5.74, 6) is -0.477. The van der Waals surface area contributed by atoms with Gasteiger partial charge in [0.05, 0.1) is 49.7 Å². The Morgan fingerprint density at radius 1 is 1.14 bits per heavy atom. The van der Waals surface area contributed by atoms with Crippen LogP contribution in [-0.4, -0.2) is 38.6 Å². The van der Waals surface area contributed by atoms with Crippen molar-refractivity contribution in [2.24, 2.45) is 0 Å². The maximum atomic E-state index is 12.7. The molecule has 0 unspecified atom stereocenters. The third kappa shape index (κ3) is 4.77. The molecule has 2 aromatic rings. The number of benzene rings is 2. The first-order chi connectivity index (χ1) is 13.3. The Bertz CT molecular complexity index is 832. The number of piperazine rings is 1. The monoisotopic (exact) mass is 412 g/mol. The van der Waals surface area contributed by atoms with Crippen LogP contribution in [0.1, 0.15) is 22.8 Å². The van der Waals surface area contributed by atoms with Gasteiger partial charge in [-0.05, 0) is 49.4 Å². The number of hydrogen-bond donors (Lipinski definition) is 2. The zero-order valence-electron chi connectivity index (χ0n) is 15.4. The van der Waals surface area contributed by atoms with Crippen molar-refractivity contribution in [1.29, 1.82) is 0 Å². The van der Waals surface area contributed by atoms with Crippen LogP contribution in [0.5, 0.6) is 0 Å². The first-order valence-electron chi connectivity index (χ1n) is 9.14. The highest BCUT2D eigenvalue weighted by molar-refractivity contribution is 6.31. The zero-order valence-corrected chi connectivity index (χ0v) is 16.2. The van der Waals surface area contributed by atoms with Gasteiger partial charge in [-0.15, -0.1) is 0 Å². The normalized spacial score (nSPS) is 15.5. The molecule has 0 saturated carbocycles. The number of nitrogens with zero attached hydrogens (tertiary/aromatic N) is 1. The number of quaternary nitrogens is 1. The molecule has 1 heterocycles. The van der Waals surface area contributed by atoms with E-state index in [1.807, 2.05) is 6.07 Å². The Morgan fingerprint density at radius 3 is 2.36 bits per heavy atom. The summed E-state index contributed by atoms with van der Waals surface area (Å²) in [7, 11) is 0. The molecule has 0 atom stereocenters. The first kappa shape index (κ1) is 20.5. The summed E-state index contributed by atoms with van der Waals surface area (Å²) in [6.45, 7) is 6.95. The Hall–Kier alpha value is -2.25. The fraction of sp³-hybridized carbons (Fsp3) is 0.350. The summed E-state index contributed by atoms with van der Waals surface area (Å²) >= 11 is 6.10. The summed E-state index contributed by atoms with van der Waals surface area (Å²) in [4.78, 5) is 16.3. The lowest BCUT2D eigenvalue weighted by molar-refractivity contribution is -0.898. The lowest BCUT2D eigenvalue weighted by Crippen LogP contribution is -3.14. The van der Waals surface area contributed by atoms with Crippen molar-refractivity contribution in [3.8, 4) is 0 Å². The van der Waals surface area contributed by atoms with Crippen LogP contribution in [0.4, 0.5) is 24.5 Å². The van der Waals surface area contributed by atoms with E-state index < -0.39 is 17.6 Å². The Kier molecular flexibility index (Phi) is 6.15. The molecule has 0 radical (unpaired) electrons. The smallest absolute Gasteiger partial charge is 0.359 e. The third-order valence-electron chi connectivity index (χ3n) is 4.99. The van der Waals surface area contributed by atoms with E-state index in [9.17, 15) is 18.0 Å². The molecule has 150 valence electrons. The number of alkyl halides is 3. The molecular formula is C20H22ClF3N3O+. The Morgan fingerprint density at radius 2 is 1.79 bits per heavy atom. The molecular weight excluding hydrogens is 391 g/mol. The number of amides is 1. The van der Waals surface area contributed by atoms with Crippen LogP contribution in [0.25, 0.3) is 0 Å². The molecule has 0 aromatic heterocycles. The van der Waals surface area contributed by atoms with Crippen LogP contribution in [0.3, 0.4) is 0 Å². The fourth-order valence-corrected chi connectivity index (χ4v) is 3.48. The minimum Gasteiger partial charge on any atom is -0.359 e. The lowest BCUT2D eigenvalue weighted by Gasteiger charge is -2.34. The van der Waals surface area contributed by atoms with Crippen LogP contribution in [0.2, 0.25) is 5.02 Å². The third-order valence-corrected chi connectivity index (χ3v) is 5.23. The van der Waals surface area contributed by atoms with Crippen molar-refractivity contribution >= 4 is 28.9 Å². The van der Waals surface area contributed by atoms with Crippen molar-refractivity contribution < 1.29 is 22.9 Å². The molecule has 4 nitrogen and oxygen atoms in total. The average molecular weight is 413 g/mol. The van der Waals surface area contributed by atoms with Gasteiger partial charge in [0.2, 0.25) is 0 Å². The predicted octanol–water partition coefficient (Wildman–Crippen LogP) is 3.34. The molecule has 3 rings (SSSR count). The number of carbonyl (C=O) groups excluding carboxylic acids is 1. The van der Waals surface area contributed by atoms with Gasteiger partial charge >= 0.3 is 6.18 Å². The van der Waals surface area contributed by atoms with Gasteiger partial charge in [-0.2, -0.15) is 13.2 Å². The second-order valence-corrected chi connectivity index (χ2v) is 7.22. The molecule has 1 saturated heterocycles. The molecule has 0 bridgehead atoms. The molecule has 1 amide bonds. The highest BCUT2D eigenvalue weighted by atomic mass is 35.5. The number of rotatable bonds is 4. The van der Waals surface area contributed by atoms with Gasteiger partial charge < -0.3 is 15.1 Å². The van der Waals surface area contributed by atoms with E-state index in [2.05, 4.69) is 17.1 Å². The molecule has 0 spiro atoms. The van der Waals surface area contributed by atoms with Gasteiger partial charge in [0.15, 0.2) is 0 Å². The minimum atomic E-state index is -4.43. The average Bonchev–Trinajstić information content (AvgIpc) is 2.68. The van der Waals surface area contributed by atoms with E-state index in [0.717, 1.165) is 50.5 Å². The fourth-order valence-electron chi connectivity index (χ4n) is 3.31. The SMILES string of the molecule is CC[NH+]1CCN(c2ccc(Cl)cc2NC(=O)c2ccc(C(F)(F)F)cc2)CC1. The van der Waals surface area contributed by atoms with Gasteiger partial charge in [0, 0.05) is 10.6 Å². The zero-order chi connectivity index (χ0) is 20.3. The van der Waals surface area contributed by atoms with Crippen LogP contribution in [0.15, 0.2) is 42.5 Å². The summed E-state index contributed by atoms with van der Waals surface area (Å²) in [6, 6.07) is 9.45. The molecule has 28 heavy (non-hydrogen) atoms. The topological polar surface area (TPSA) is 36.8 Å². The second kappa shape index (κ2) is 8.41. The van der Waals surface area contributed by atoms with Gasteiger partial charge in [-0.1, -0.05) is 11.6 Å². The molecule has 8 heteroatoms. The number of hydrogen-bond acceptors (Lipinski definition) is 2. The largest absolute Gasteiger partial charge is 0.416 e. The number of carbonyl (C=O) groups is 1. The van der Waals surface area contributed by atoms with Gasteiger partial charge in [0.25, 0.3) is 5.91 Å². The van der Waals surface area contributed by atoms with Crippen LogP contribution < -0.4 is 15.1 Å². The van der Waals surface area contributed by atoms with E-state index in [-0.39, 0.29) is 5.56 Å². The predicted molar refractivity (Wildman–Crippen MR) is 104 cm³/mol. The van der Waals surface area contributed by atoms with Crippen molar-refractivity contribution in [2.45, 2.75) is 13.1 Å². The molecule has 1 aliphatic heterocycles. The molecule has 1 aliphatic rings. The molecule has 1 fully saturated rings. The van der Waals surface area contributed by atoms with Gasteiger partial charge in [-0.25, -0.2) is 0 Å². The molecule has 2 aromatic carbocycles. The second-order valence-electron chi connectivity index (χ2n) is 6.78. The number of anilines is 2. The standard InChI is InChI=1S/C20H21ClF3N3O/c1-2-26-9-11-27(12-10-26)18-8-7-16(21)13-17(18)25-19(28)14-3-5-15(6-4-14)20(22,23)24/h3-8,13H,2,9-12H2,1H3,(H,25,28)/p+1. The van der Waals surface area contributed by atoms with Crippen molar-refractivity contribution in [2.75, 3.05) is 42.9 Å². The first-order valence-corrected chi connectivity index (χ1v) is 9.52. The highest BCUT2D eigenvalue weighted by Crippen LogP contribution is 2.31. The van der Waals surface area contributed by atoms with Crippen molar-refractivity contribution in [3.05, 3.63) is 58.6 Å². The summed E-state index contributed by atoms with van der Waals surface area (Å²) < 4.78 is 38.1. The van der Waals surface area contributed by atoms with Gasteiger partial charge in [0.1, 0.15) is 0 Å². The molecule has 2 N–H and O–H groups in total.